The van der Waals surface area contributed by atoms with Crippen molar-refractivity contribution < 1.29 is 9.53 Å². The van der Waals surface area contributed by atoms with Crippen molar-refractivity contribution >= 4 is 11.6 Å². The number of methoxy groups -OCH3 is 1. The van der Waals surface area contributed by atoms with Crippen molar-refractivity contribution in [2.75, 3.05) is 19.0 Å². The highest BCUT2D eigenvalue weighted by Gasteiger charge is 2.30. The maximum Gasteiger partial charge on any atom is 0.251 e. The van der Waals surface area contributed by atoms with Gasteiger partial charge in [0, 0.05) is 30.9 Å². The summed E-state index contributed by atoms with van der Waals surface area (Å²) in [5, 5.41) is 6.21. The van der Waals surface area contributed by atoms with Crippen LogP contribution in [0, 0.1) is 0 Å². The van der Waals surface area contributed by atoms with Crippen LogP contribution in [0.3, 0.4) is 0 Å². The van der Waals surface area contributed by atoms with Crippen molar-refractivity contribution in [2.45, 2.75) is 31.9 Å². The minimum atomic E-state index is -0.00222. The van der Waals surface area contributed by atoms with Gasteiger partial charge in [0.2, 0.25) is 0 Å². The SMILES string of the molecule is CCNc1ccc(C(=O)NC2CC(OC)C2)cc1. The molecular weight excluding hydrogens is 228 g/mol. The summed E-state index contributed by atoms with van der Waals surface area (Å²) in [6, 6.07) is 7.81. The number of hydrogen-bond acceptors (Lipinski definition) is 3. The number of hydrogen-bond donors (Lipinski definition) is 2. The lowest BCUT2D eigenvalue weighted by molar-refractivity contribution is 0.0176. The molecule has 1 aliphatic carbocycles. The molecule has 0 radical (unpaired) electrons. The summed E-state index contributed by atoms with van der Waals surface area (Å²) in [6.07, 6.45) is 2.14. The second-order valence-corrected chi connectivity index (χ2v) is 4.61. The number of carbonyl (C=O) groups excluding carboxylic acids is 1. The first kappa shape index (κ1) is 12.9. The van der Waals surface area contributed by atoms with Crippen molar-refractivity contribution in [3.05, 3.63) is 29.8 Å². The Balaban J connectivity index is 1.85. The van der Waals surface area contributed by atoms with Gasteiger partial charge in [0.05, 0.1) is 6.10 Å². The molecule has 0 heterocycles. The number of amides is 1. The Kier molecular flexibility index (Phi) is 4.20. The monoisotopic (exact) mass is 248 g/mol. The van der Waals surface area contributed by atoms with Gasteiger partial charge in [0.1, 0.15) is 0 Å². The number of carbonyl (C=O) groups is 1. The molecule has 1 aliphatic rings. The fourth-order valence-electron chi connectivity index (χ4n) is 2.09. The zero-order valence-corrected chi connectivity index (χ0v) is 10.9. The molecule has 0 aliphatic heterocycles. The molecule has 0 atom stereocenters. The molecule has 1 fully saturated rings. The first-order chi connectivity index (χ1) is 8.72. The highest BCUT2D eigenvalue weighted by molar-refractivity contribution is 5.94. The van der Waals surface area contributed by atoms with E-state index in [9.17, 15) is 4.79 Å². The molecule has 4 nitrogen and oxygen atoms in total. The maximum atomic E-state index is 11.9. The van der Waals surface area contributed by atoms with E-state index in [1.165, 1.54) is 0 Å². The highest BCUT2D eigenvalue weighted by atomic mass is 16.5. The third-order valence-electron chi connectivity index (χ3n) is 3.29. The Morgan fingerprint density at radius 1 is 1.33 bits per heavy atom. The summed E-state index contributed by atoms with van der Waals surface area (Å²) in [7, 11) is 1.71. The van der Waals surface area contributed by atoms with E-state index >= 15 is 0 Å². The molecule has 98 valence electrons. The third-order valence-corrected chi connectivity index (χ3v) is 3.29. The molecule has 2 N–H and O–H groups in total. The van der Waals surface area contributed by atoms with Gasteiger partial charge in [0.15, 0.2) is 0 Å². The third kappa shape index (κ3) is 3.01. The van der Waals surface area contributed by atoms with Crippen molar-refractivity contribution in [3.63, 3.8) is 0 Å². The van der Waals surface area contributed by atoms with Gasteiger partial charge in [-0.05, 0) is 44.0 Å². The fraction of sp³-hybridized carbons (Fsp3) is 0.500. The molecule has 1 amide bonds. The molecule has 0 aromatic heterocycles. The largest absolute Gasteiger partial charge is 0.385 e. The minimum absolute atomic E-state index is 0.00222. The number of nitrogens with one attached hydrogen (secondary N) is 2. The second kappa shape index (κ2) is 5.87. The average molecular weight is 248 g/mol. The van der Waals surface area contributed by atoms with Crippen LogP contribution in [0.5, 0.6) is 0 Å². The van der Waals surface area contributed by atoms with Gasteiger partial charge < -0.3 is 15.4 Å². The number of benzene rings is 1. The summed E-state index contributed by atoms with van der Waals surface area (Å²) in [5.74, 6) is -0.00222. The molecule has 18 heavy (non-hydrogen) atoms. The van der Waals surface area contributed by atoms with E-state index in [0.29, 0.717) is 11.7 Å². The topological polar surface area (TPSA) is 50.4 Å². The van der Waals surface area contributed by atoms with Crippen LogP contribution < -0.4 is 10.6 Å². The van der Waals surface area contributed by atoms with E-state index in [0.717, 1.165) is 25.1 Å². The van der Waals surface area contributed by atoms with Crippen LogP contribution in [0.15, 0.2) is 24.3 Å². The molecule has 1 aromatic carbocycles. The number of rotatable bonds is 5. The van der Waals surface area contributed by atoms with Crippen molar-refractivity contribution in [1.82, 2.24) is 5.32 Å². The summed E-state index contributed by atoms with van der Waals surface area (Å²) < 4.78 is 5.19. The Hall–Kier alpha value is -1.55. The first-order valence-corrected chi connectivity index (χ1v) is 6.40. The Labute approximate surface area is 108 Å². The van der Waals surface area contributed by atoms with Crippen LogP contribution in [-0.2, 0) is 4.74 Å². The zero-order valence-electron chi connectivity index (χ0n) is 10.9. The fourth-order valence-corrected chi connectivity index (χ4v) is 2.09. The molecule has 1 saturated carbocycles. The smallest absolute Gasteiger partial charge is 0.251 e. The van der Waals surface area contributed by atoms with Gasteiger partial charge in [-0.25, -0.2) is 0 Å². The van der Waals surface area contributed by atoms with Crippen LogP contribution >= 0.6 is 0 Å². The van der Waals surface area contributed by atoms with Gasteiger partial charge in [0.25, 0.3) is 5.91 Å². The lowest BCUT2D eigenvalue weighted by Gasteiger charge is -2.34. The van der Waals surface area contributed by atoms with Crippen LogP contribution in [0.25, 0.3) is 0 Å². The molecule has 0 saturated heterocycles. The Morgan fingerprint density at radius 3 is 2.56 bits per heavy atom. The van der Waals surface area contributed by atoms with E-state index < -0.39 is 0 Å². The van der Waals surface area contributed by atoms with Crippen molar-refractivity contribution in [3.8, 4) is 0 Å². The van der Waals surface area contributed by atoms with Crippen molar-refractivity contribution in [1.29, 1.82) is 0 Å². The van der Waals surface area contributed by atoms with E-state index in [1.54, 1.807) is 7.11 Å². The van der Waals surface area contributed by atoms with Gasteiger partial charge in [-0.2, -0.15) is 0 Å². The summed E-state index contributed by atoms with van der Waals surface area (Å²) in [6.45, 7) is 2.93. The van der Waals surface area contributed by atoms with E-state index in [2.05, 4.69) is 10.6 Å². The van der Waals surface area contributed by atoms with Gasteiger partial charge in [-0.15, -0.1) is 0 Å². The normalized spacial score (nSPS) is 22.1. The molecule has 0 spiro atoms. The van der Waals surface area contributed by atoms with Crippen LogP contribution in [0.4, 0.5) is 5.69 Å². The Morgan fingerprint density at radius 2 is 2.00 bits per heavy atom. The summed E-state index contributed by atoms with van der Waals surface area (Å²) >= 11 is 0. The minimum Gasteiger partial charge on any atom is -0.385 e. The van der Waals surface area contributed by atoms with Crippen LogP contribution in [0.2, 0.25) is 0 Å². The Bertz CT molecular complexity index is 397. The van der Waals surface area contributed by atoms with Crippen LogP contribution in [-0.4, -0.2) is 31.7 Å². The van der Waals surface area contributed by atoms with E-state index in [1.807, 2.05) is 31.2 Å². The molecule has 0 unspecified atom stereocenters. The van der Waals surface area contributed by atoms with Gasteiger partial charge in [-0.3, -0.25) is 4.79 Å². The lowest BCUT2D eigenvalue weighted by atomic mass is 9.89. The standard InChI is InChI=1S/C14H20N2O2/c1-3-15-11-6-4-10(5-7-11)14(17)16-12-8-13(9-12)18-2/h4-7,12-13,15H,3,8-9H2,1-2H3,(H,16,17). The molecule has 1 aromatic rings. The number of anilines is 1. The molecule has 2 rings (SSSR count). The second-order valence-electron chi connectivity index (χ2n) is 4.61. The van der Waals surface area contributed by atoms with Gasteiger partial charge >= 0.3 is 0 Å². The summed E-state index contributed by atoms with van der Waals surface area (Å²) in [4.78, 5) is 11.9. The maximum absolute atomic E-state index is 11.9. The lowest BCUT2D eigenvalue weighted by Crippen LogP contribution is -2.47. The highest BCUT2D eigenvalue weighted by Crippen LogP contribution is 2.22. The molecule has 0 bridgehead atoms. The van der Waals surface area contributed by atoms with E-state index in [4.69, 9.17) is 4.74 Å². The van der Waals surface area contributed by atoms with Gasteiger partial charge in [-0.1, -0.05) is 0 Å². The quantitative estimate of drug-likeness (QED) is 0.838. The summed E-state index contributed by atoms with van der Waals surface area (Å²) in [5.41, 5.74) is 1.75. The zero-order chi connectivity index (χ0) is 13.0. The predicted octanol–water partition coefficient (Wildman–Crippen LogP) is 2.03. The number of ether oxygens (including phenoxy) is 1. The van der Waals surface area contributed by atoms with Crippen LogP contribution in [0.1, 0.15) is 30.1 Å². The molecule has 4 heteroatoms. The average Bonchev–Trinajstić information content (AvgIpc) is 2.34. The molecular formula is C14H20N2O2. The van der Waals surface area contributed by atoms with E-state index in [-0.39, 0.29) is 11.9 Å². The first-order valence-electron chi connectivity index (χ1n) is 6.40. The van der Waals surface area contributed by atoms with Crippen molar-refractivity contribution in [2.24, 2.45) is 0 Å². The predicted molar refractivity (Wildman–Crippen MR) is 71.9 cm³/mol.